The lowest BCUT2D eigenvalue weighted by atomic mass is 10.1. The van der Waals surface area contributed by atoms with Crippen molar-refractivity contribution in [3.63, 3.8) is 0 Å². The van der Waals surface area contributed by atoms with Gasteiger partial charge in [-0.25, -0.2) is 12.8 Å². The Bertz CT molecular complexity index is 1050. The molecule has 2 aromatic rings. The van der Waals surface area contributed by atoms with Crippen LogP contribution < -0.4 is 10.2 Å². The third kappa shape index (κ3) is 4.68. The van der Waals surface area contributed by atoms with Crippen molar-refractivity contribution in [3.8, 4) is 0 Å². The van der Waals surface area contributed by atoms with Crippen LogP contribution in [0.25, 0.3) is 0 Å². The molecule has 7 nitrogen and oxygen atoms in total. The van der Waals surface area contributed by atoms with E-state index < -0.39 is 15.8 Å². The zero-order valence-corrected chi connectivity index (χ0v) is 17.7. The maximum atomic E-state index is 14.4. The van der Waals surface area contributed by atoms with Crippen LogP contribution in [0.4, 0.5) is 15.8 Å². The van der Waals surface area contributed by atoms with Gasteiger partial charge in [-0.1, -0.05) is 6.92 Å². The Kier molecular flexibility index (Phi) is 6.52. The van der Waals surface area contributed by atoms with Gasteiger partial charge in [0.05, 0.1) is 10.6 Å². The van der Waals surface area contributed by atoms with E-state index >= 15 is 0 Å². The number of rotatable bonds is 6. The molecule has 3 rings (SSSR count). The number of sulfonamides is 1. The summed E-state index contributed by atoms with van der Waals surface area (Å²) in [6, 6.07) is 10.4. The van der Waals surface area contributed by atoms with Crippen LogP contribution in [0.2, 0.25) is 0 Å². The molecule has 0 bridgehead atoms. The summed E-state index contributed by atoms with van der Waals surface area (Å²) in [6.07, 6.45) is 0.336. The van der Waals surface area contributed by atoms with E-state index in [9.17, 15) is 22.4 Å². The third-order valence-electron chi connectivity index (χ3n) is 5.03. The van der Waals surface area contributed by atoms with E-state index in [-0.39, 0.29) is 29.7 Å². The Hall–Kier alpha value is -2.78. The quantitative estimate of drug-likeness (QED) is 0.708. The summed E-state index contributed by atoms with van der Waals surface area (Å²) in [5.74, 6) is -0.856. The second-order valence-electron chi connectivity index (χ2n) is 7.04. The van der Waals surface area contributed by atoms with Crippen LogP contribution >= 0.6 is 0 Å². The molecule has 2 aromatic carbocycles. The Morgan fingerprint density at radius 1 is 1.03 bits per heavy atom. The monoisotopic (exact) mass is 433 g/mol. The van der Waals surface area contributed by atoms with Gasteiger partial charge in [0.2, 0.25) is 15.9 Å². The molecule has 9 heteroatoms. The number of nitrogens with one attached hydrogen (secondary N) is 1. The second-order valence-corrected chi connectivity index (χ2v) is 8.98. The molecule has 0 unspecified atom stereocenters. The molecule has 0 aliphatic carbocycles. The first-order chi connectivity index (χ1) is 14.2. The minimum absolute atomic E-state index is 0.141. The predicted molar refractivity (Wildman–Crippen MR) is 113 cm³/mol. The van der Waals surface area contributed by atoms with Crippen molar-refractivity contribution in [2.24, 2.45) is 0 Å². The molecule has 0 atom stereocenters. The average molecular weight is 434 g/mol. The van der Waals surface area contributed by atoms with Gasteiger partial charge in [0.25, 0.3) is 0 Å². The summed E-state index contributed by atoms with van der Waals surface area (Å²) in [4.78, 5) is 24.7. The first-order valence-corrected chi connectivity index (χ1v) is 11.1. The van der Waals surface area contributed by atoms with E-state index in [0.29, 0.717) is 36.4 Å². The Morgan fingerprint density at radius 2 is 1.67 bits per heavy atom. The number of anilines is 2. The zero-order valence-electron chi connectivity index (χ0n) is 16.9. The number of halogens is 1. The highest BCUT2D eigenvalue weighted by molar-refractivity contribution is 7.89. The molecular formula is C21H24FN3O4S. The lowest BCUT2D eigenvalue weighted by Crippen LogP contribution is -2.48. The highest BCUT2D eigenvalue weighted by Gasteiger charge is 2.29. The number of piperazine rings is 1. The van der Waals surface area contributed by atoms with Crippen LogP contribution in [0.3, 0.4) is 0 Å². The molecule has 1 aliphatic rings. The minimum Gasteiger partial charge on any atom is -0.367 e. The van der Waals surface area contributed by atoms with Gasteiger partial charge in [-0.3, -0.25) is 9.59 Å². The van der Waals surface area contributed by atoms with Gasteiger partial charge in [-0.15, -0.1) is 0 Å². The zero-order chi connectivity index (χ0) is 21.9. The topological polar surface area (TPSA) is 86.8 Å². The van der Waals surface area contributed by atoms with Gasteiger partial charge < -0.3 is 10.2 Å². The summed E-state index contributed by atoms with van der Waals surface area (Å²) >= 11 is 0. The fourth-order valence-corrected chi connectivity index (χ4v) is 4.68. The lowest BCUT2D eigenvalue weighted by Gasteiger charge is -2.35. The Labute approximate surface area is 175 Å². The number of ketones is 1. The minimum atomic E-state index is -3.69. The van der Waals surface area contributed by atoms with Crippen LogP contribution in [0.1, 0.15) is 30.6 Å². The number of carbonyl (C=O) groups is 2. The highest BCUT2D eigenvalue weighted by atomic mass is 32.2. The summed E-state index contributed by atoms with van der Waals surface area (Å²) < 4.78 is 41.6. The molecule has 30 heavy (non-hydrogen) atoms. The van der Waals surface area contributed by atoms with E-state index in [0.717, 1.165) is 0 Å². The largest absolute Gasteiger partial charge is 0.367 e. The summed E-state index contributed by atoms with van der Waals surface area (Å²) in [5, 5.41) is 2.68. The van der Waals surface area contributed by atoms with Crippen LogP contribution in [0, 0.1) is 5.82 Å². The van der Waals surface area contributed by atoms with E-state index in [1.165, 1.54) is 29.4 Å². The van der Waals surface area contributed by atoms with Crippen LogP contribution in [0.5, 0.6) is 0 Å². The van der Waals surface area contributed by atoms with Crippen LogP contribution in [0.15, 0.2) is 47.4 Å². The van der Waals surface area contributed by atoms with Crippen molar-refractivity contribution in [2.75, 3.05) is 36.4 Å². The molecule has 0 saturated carbocycles. The summed E-state index contributed by atoms with van der Waals surface area (Å²) in [6.45, 7) is 4.20. The number of hydrogen-bond donors (Lipinski definition) is 1. The molecular weight excluding hydrogens is 409 g/mol. The molecule has 1 saturated heterocycles. The van der Waals surface area contributed by atoms with E-state index in [1.807, 2.05) is 0 Å². The summed E-state index contributed by atoms with van der Waals surface area (Å²) in [7, 11) is -3.69. The van der Waals surface area contributed by atoms with Gasteiger partial charge in [0, 0.05) is 43.9 Å². The number of nitrogens with zero attached hydrogens (tertiary/aromatic N) is 2. The Balaban J connectivity index is 1.68. The molecule has 0 spiro atoms. The number of carbonyl (C=O) groups excluding carboxylic acids is 2. The van der Waals surface area contributed by atoms with Crippen molar-refractivity contribution in [2.45, 2.75) is 25.2 Å². The number of amides is 1. The standard InChI is InChI=1S/C21H24FN3O4S/c1-3-21(27)23-17-5-7-18(8-6-17)30(28,29)25-12-10-24(11-13-25)20-9-4-16(15(2)26)14-19(20)22/h4-9,14H,3,10-13H2,1-2H3,(H,23,27). The number of hydrogen-bond acceptors (Lipinski definition) is 5. The first-order valence-electron chi connectivity index (χ1n) is 9.68. The fraction of sp³-hybridized carbons (Fsp3) is 0.333. The van der Waals surface area contributed by atoms with Crippen molar-refractivity contribution >= 4 is 33.1 Å². The average Bonchev–Trinajstić information content (AvgIpc) is 2.74. The van der Waals surface area contributed by atoms with Gasteiger partial charge in [-0.2, -0.15) is 4.31 Å². The van der Waals surface area contributed by atoms with Gasteiger partial charge >= 0.3 is 0 Å². The van der Waals surface area contributed by atoms with Gasteiger partial charge in [-0.05, 0) is 49.4 Å². The van der Waals surface area contributed by atoms with E-state index in [4.69, 9.17) is 0 Å². The summed E-state index contributed by atoms with van der Waals surface area (Å²) in [5.41, 5.74) is 1.19. The van der Waals surface area contributed by atoms with Crippen molar-refractivity contribution < 1.29 is 22.4 Å². The molecule has 0 aromatic heterocycles. The smallest absolute Gasteiger partial charge is 0.243 e. The molecule has 1 amide bonds. The molecule has 160 valence electrons. The maximum absolute atomic E-state index is 14.4. The SMILES string of the molecule is CCC(=O)Nc1ccc(S(=O)(=O)N2CCN(c3ccc(C(C)=O)cc3F)CC2)cc1. The van der Waals surface area contributed by atoms with Crippen LogP contribution in [-0.4, -0.2) is 50.6 Å². The molecule has 1 aliphatic heterocycles. The number of benzene rings is 2. The van der Waals surface area contributed by atoms with E-state index in [2.05, 4.69) is 5.32 Å². The van der Waals surface area contributed by atoms with Crippen molar-refractivity contribution in [1.82, 2.24) is 4.31 Å². The molecule has 1 N–H and O–H groups in total. The number of Topliss-reactive ketones (excluding diaryl/α,β-unsaturated/α-hetero) is 1. The molecule has 1 heterocycles. The Morgan fingerprint density at radius 3 is 2.20 bits per heavy atom. The van der Waals surface area contributed by atoms with Crippen LogP contribution in [-0.2, 0) is 14.8 Å². The van der Waals surface area contributed by atoms with Gasteiger partial charge in [0.15, 0.2) is 5.78 Å². The highest BCUT2D eigenvalue weighted by Crippen LogP contribution is 2.25. The predicted octanol–water partition coefficient (Wildman–Crippen LogP) is 2.89. The third-order valence-corrected chi connectivity index (χ3v) is 6.94. The normalized spacial score (nSPS) is 15.1. The van der Waals surface area contributed by atoms with Crippen molar-refractivity contribution in [3.05, 3.63) is 53.8 Å². The van der Waals surface area contributed by atoms with E-state index in [1.54, 1.807) is 36.1 Å². The second kappa shape index (κ2) is 8.93. The fourth-order valence-electron chi connectivity index (χ4n) is 3.26. The molecule has 0 radical (unpaired) electrons. The van der Waals surface area contributed by atoms with Crippen molar-refractivity contribution in [1.29, 1.82) is 0 Å². The molecule has 1 fully saturated rings. The first kappa shape index (κ1) is 21.9. The lowest BCUT2D eigenvalue weighted by molar-refractivity contribution is -0.115. The maximum Gasteiger partial charge on any atom is 0.243 e. The van der Waals surface area contributed by atoms with Gasteiger partial charge in [0.1, 0.15) is 5.82 Å².